The SMILES string of the molecule is COc1ccc(C(=O)N2CCCC2/C=C/c2ccccc2)cc1. The number of rotatable bonds is 4. The van der Waals surface area contributed by atoms with Crippen LogP contribution in [-0.4, -0.2) is 30.5 Å². The van der Waals surface area contributed by atoms with E-state index in [9.17, 15) is 4.79 Å². The van der Waals surface area contributed by atoms with Crippen LogP contribution in [0.15, 0.2) is 60.7 Å². The molecule has 0 saturated carbocycles. The maximum absolute atomic E-state index is 12.7. The molecular formula is C20H21NO2. The number of benzene rings is 2. The Morgan fingerprint density at radius 1 is 1.13 bits per heavy atom. The second-order valence-electron chi connectivity index (χ2n) is 5.71. The number of amides is 1. The molecule has 1 aliphatic heterocycles. The number of hydrogen-bond acceptors (Lipinski definition) is 2. The largest absolute Gasteiger partial charge is 0.497 e. The zero-order chi connectivity index (χ0) is 16.1. The highest BCUT2D eigenvalue weighted by Crippen LogP contribution is 2.23. The topological polar surface area (TPSA) is 29.5 Å². The van der Waals surface area contributed by atoms with Gasteiger partial charge in [-0.3, -0.25) is 4.79 Å². The molecular weight excluding hydrogens is 286 g/mol. The molecule has 2 aromatic rings. The summed E-state index contributed by atoms with van der Waals surface area (Å²) in [4.78, 5) is 14.7. The van der Waals surface area contributed by atoms with E-state index in [2.05, 4.69) is 24.3 Å². The van der Waals surface area contributed by atoms with Gasteiger partial charge < -0.3 is 9.64 Å². The first-order valence-electron chi connectivity index (χ1n) is 7.96. The lowest BCUT2D eigenvalue weighted by Crippen LogP contribution is -2.34. The van der Waals surface area contributed by atoms with Gasteiger partial charge in [0.1, 0.15) is 5.75 Å². The highest BCUT2D eigenvalue weighted by molar-refractivity contribution is 5.95. The van der Waals surface area contributed by atoms with Crippen molar-refractivity contribution in [3.8, 4) is 5.75 Å². The highest BCUT2D eigenvalue weighted by Gasteiger charge is 2.27. The molecule has 118 valence electrons. The highest BCUT2D eigenvalue weighted by atomic mass is 16.5. The lowest BCUT2D eigenvalue weighted by atomic mass is 10.1. The van der Waals surface area contributed by atoms with Gasteiger partial charge in [0.2, 0.25) is 0 Å². The summed E-state index contributed by atoms with van der Waals surface area (Å²) in [7, 11) is 1.63. The Morgan fingerprint density at radius 3 is 2.57 bits per heavy atom. The van der Waals surface area contributed by atoms with E-state index in [1.807, 2.05) is 47.4 Å². The van der Waals surface area contributed by atoms with Crippen LogP contribution in [0.25, 0.3) is 6.08 Å². The van der Waals surface area contributed by atoms with Crippen LogP contribution in [0.4, 0.5) is 0 Å². The van der Waals surface area contributed by atoms with Crippen LogP contribution < -0.4 is 4.74 Å². The first kappa shape index (κ1) is 15.3. The molecule has 0 aliphatic carbocycles. The average Bonchev–Trinajstić information content (AvgIpc) is 3.09. The van der Waals surface area contributed by atoms with Gasteiger partial charge in [0.15, 0.2) is 0 Å². The fraction of sp³-hybridized carbons (Fsp3) is 0.250. The Hall–Kier alpha value is -2.55. The van der Waals surface area contributed by atoms with Crippen LogP contribution in [0.3, 0.4) is 0 Å². The van der Waals surface area contributed by atoms with E-state index in [0.717, 1.165) is 30.7 Å². The van der Waals surface area contributed by atoms with Gasteiger partial charge in [0, 0.05) is 12.1 Å². The van der Waals surface area contributed by atoms with Crippen molar-refractivity contribution in [1.82, 2.24) is 4.90 Å². The molecule has 1 saturated heterocycles. The molecule has 1 unspecified atom stereocenters. The van der Waals surface area contributed by atoms with Crippen LogP contribution in [0.2, 0.25) is 0 Å². The molecule has 3 rings (SSSR count). The smallest absolute Gasteiger partial charge is 0.254 e. The summed E-state index contributed by atoms with van der Waals surface area (Å²) in [6.45, 7) is 0.814. The number of nitrogens with zero attached hydrogens (tertiary/aromatic N) is 1. The van der Waals surface area contributed by atoms with Gasteiger partial charge in [-0.1, -0.05) is 42.5 Å². The van der Waals surface area contributed by atoms with Gasteiger partial charge in [0.05, 0.1) is 13.2 Å². The first-order chi connectivity index (χ1) is 11.3. The fourth-order valence-corrected chi connectivity index (χ4v) is 2.93. The normalized spacial score (nSPS) is 17.6. The molecule has 2 aromatic carbocycles. The van der Waals surface area contributed by atoms with Crippen LogP contribution in [-0.2, 0) is 0 Å². The van der Waals surface area contributed by atoms with Crippen LogP contribution in [0.1, 0.15) is 28.8 Å². The van der Waals surface area contributed by atoms with E-state index in [1.165, 1.54) is 0 Å². The van der Waals surface area contributed by atoms with Gasteiger partial charge in [-0.05, 0) is 42.7 Å². The van der Waals surface area contributed by atoms with Gasteiger partial charge >= 0.3 is 0 Å². The monoisotopic (exact) mass is 307 g/mol. The van der Waals surface area contributed by atoms with Gasteiger partial charge in [-0.25, -0.2) is 0 Å². The molecule has 1 fully saturated rings. The third-order valence-electron chi connectivity index (χ3n) is 4.21. The molecule has 0 bridgehead atoms. The Labute approximate surface area is 137 Å². The molecule has 23 heavy (non-hydrogen) atoms. The molecule has 1 atom stereocenters. The Kier molecular flexibility index (Phi) is 4.77. The van der Waals surface area contributed by atoms with Crippen molar-refractivity contribution < 1.29 is 9.53 Å². The van der Waals surface area contributed by atoms with E-state index in [-0.39, 0.29) is 11.9 Å². The van der Waals surface area contributed by atoms with Crippen molar-refractivity contribution in [2.75, 3.05) is 13.7 Å². The van der Waals surface area contributed by atoms with Gasteiger partial charge in [-0.2, -0.15) is 0 Å². The minimum atomic E-state index is 0.0906. The molecule has 1 heterocycles. The Bertz CT molecular complexity index is 677. The summed E-state index contributed by atoms with van der Waals surface area (Å²) in [6.07, 6.45) is 6.31. The van der Waals surface area contributed by atoms with E-state index in [1.54, 1.807) is 7.11 Å². The predicted molar refractivity (Wildman–Crippen MR) is 92.5 cm³/mol. The van der Waals surface area contributed by atoms with E-state index >= 15 is 0 Å². The zero-order valence-electron chi connectivity index (χ0n) is 13.3. The van der Waals surface area contributed by atoms with Crippen LogP contribution in [0, 0.1) is 0 Å². The third kappa shape index (κ3) is 3.62. The molecule has 0 radical (unpaired) electrons. The van der Waals surface area contributed by atoms with E-state index < -0.39 is 0 Å². The summed E-state index contributed by atoms with van der Waals surface area (Å²) < 4.78 is 5.15. The van der Waals surface area contributed by atoms with Crippen molar-refractivity contribution in [3.63, 3.8) is 0 Å². The predicted octanol–water partition coefficient (Wildman–Crippen LogP) is 4.01. The second kappa shape index (κ2) is 7.14. The van der Waals surface area contributed by atoms with Crippen LogP contribution in [0.5, 0.6) is 5.75 Å². The number of carbonyl (C=O) groups excluding carboxylic acids is 1. The lowest BCUT2D eigenvalue weighted by molar-refractivity contribution is 0.0762. The number of carbonyl (C=O) groups is 1. The minimum absolute atomic E-state index is 0.0906. The van der Waals surface area contributed by atoms with Crippen molar-refractivity contribution >= 4 is 12.0 Å². The lowest BCUT2D eigenvalue weighted by Gasteiger charge is -2.22. The van der Waals surface area contributed by atoms with Crippen molar-refractivity contribution in [2.24, 2.45) is 0 Å². The first-order valence-corrected chi connectivity index (χ1v) is 7.96. The quantitative estimate of drug-likeness (QED) is 0.854. The molecule has 1 aliphatic rings. The maximum Gasteiger partial charge on any atom is 0.254 e. The number of ether oxygens (including phenoxy) is 1. The third-order valence-corrected chi connectivity index (χ3v) is 4.21. The number of hydrogen-bond donors (Lipinski definition) is 0. The van der Waals surface area contributed by atoms with Gasteiger partial charge in [0.25, 0.3) is 5.91 Å². The average molecular weight is 307 g/mol. The second-order valence-corrected chi connectivity index (χ2v) is 5.71. The standard InChI is InChI=1S/C20H21NO2/c1-23-19-13-10-17(11-14-19)20(22)21-15-5-8-18(21)12-9-16-6-3-2-4-7-16/h2-4,6-7,9-14,18H,5,8,15H2,1H3/b12-9+. The Morgan fingerprint density at radius 2 is 1.87 bits per heavy atom. The minimum Gasteiger partial charge on any atom is -0.497 e. The maximum atomic E-state index is 12.7. The van der Waals surface area contributed by atoms with Crippen molar-refractivity contribution in [3.05, 3.63) is 71.8 Å². The molecule has 0 spiro atoms. The Balaban J connectivity index is 1.72. The summed E-state index contributed by atoms with van der Waals surface area (Å²) in [5, 5.41) is 0. The molecule has 3 heteroatoms. The summed E-state index contributed by atoms with van der Waals surface area (Å²) in [6, 6.07) is 17.7. The van der Waals surface area contributed by atoms with E-state index in [0.29, 0.717) is 5.56 Å². The summed E-state index contributed by atoms with van der Waals surface area (Å²) in [5.41, 5.74) is 1.88. The molecule has 0 N–H and O–H groups in total. The van der Waals surface area contributed by atoms with Gasteiger partial charge in [-0.15, -0.1) is 0 Å². The van der Waals surface area contributed by atoms with Crippen molar-refractivity contribution in [1.29, 1.82) is 0 Å². The molecule has 1 amide bonds. The molecule has 3 nitrogen and oxygen atoms in total. The van der Waals surface area contributed by atoms with E-state index in [4.69, 9.17) is 4.74 Å². The summed E-state index contributed by atoms with van der Waals surface area (Å²) in [5.74, 6) is 0.858. The van der Waals surface area contributed by atoms with Crippen LogP contribution >= 0.6 is 0 Å². The summed E-state index contributed by atoms with van der Waals surface area (Å²) >= 11 is 0. The molecule has 0 aromatic heterocycles. The number of methoxy groups -OCH3 is 1. The number of likely N-dealkylation sites (tertiary alicyclic amines) is 1. The van der Waals surface area contributed by atoms with Crippen molar-refractivity contribution in [2.45, 2.75) is 18.9 Å². The zero-order valence-corrected chi connectivity index (χ0v) is 13.3. The fourth-order valence-electron chi connectivity index (χ4n) is 2.93.